The lowest BCUT2D eigenvalue weighted by atomic mass is 10.0. The summed E-state index contributed by atoms with van der Waals surface area (Å²) in [5.41, 5.74) is 1.76. The van der Waals surface area contributed by atoms with Crippen LogP contribution >= 0.6 is 22.7 Å². The smallest absolute Gasteiger partial charge is 0.225 e. The second-order valence-electron chi connectivity index (χ2n) is 6.70. The fourth-order valence-electron chi connectivity index (χ4n) is 2.78. The summed E-state index contributed by atoms with van der Waals surface area (Å²) in [6, 6.07) is 9.89. The van der Waals surface area contributed by atoms with E-state index in [4.69, 9.17) is 0 Å². The molecule has 3 aromatic rings. The molecule has 0 fully saturated rings. The summed E-state index contributed by atoms with van der Waals surface area (Å²) < 4.78 is 0.963. The van der Waals surface area contributed by atoms with Crippen molar-refractivity contribution in [2.24, 2.45) is 5.92 Å². The van der Waals surface area contributed by atoms with Gasteiger partial charge in [0.1, 0.15) is 0 Å². The summed E-state index contributed by atoms with van der Waals surface area (Å²) in [4.78, 5) is 29.7. The monoisotopic (exact) mass is 401 g/mol. The van der Waals surface area contributed by atoms with Gasteiger partial charge in [-0.25, -0.2) is 4.98 Å². The van der Waals surface area contributed by atoms with Gasteiger partial charge in [0.15, 0.2) is 5.13 Å². The van der Waals surface area contributed by atoms with Gasteiger partial charge in [-0.15, -0.1) is 11.3 Å². The molecule has 2 aromatic heterocycles. The van der Waals surface area contributed by atoms with Crippen LogP contribution in [0.5, 0.6) is 0 Å². The van der Waals surface area contributed by atoms with Crippen LogP contribution in [0.1, 0.15) is 43.7 Å². The van der Waals surface area contributed by atoms with Gasteiger partial charge in [0.2, 0.25) is 11.8 Å². The van der Waals surface area contributed by atoms with E-state index in [1.54, 1.807) is 18.3 Å². The van der Waals surface area contributed by atoms with Crippen LogP contribution in [0.2, 0.25) is 0 Å². The van der Waals surface area contributed by atoms with Crippen LogP contribution < -0.4 is 10.6 Å². The molecule has 27 heavy (non-hydrogen) atoms. The van der Waals surface area contributed by atoms with Crippen molar-refractivity contribution in [1.82, 2.24) is 10.3 Å². The summed E-state index contributed by atoms with van der Waals surface area (Å²) in [5, 5.41) is 8.57. The molecule has 0 saturated heterocycles. The topological polar surface area (TPSA) is 71.1 Å². The molecule has 0 aliphatic heterocycles. The zero-order valence-electron chi connectivity index (χ0n) is 15.6. The number of thiophene rings is 1. The van der Waals surface area contributed by atoms with E-state index in [0.717, 1.165) is 15.8 Å². The molecule has 1 atom stereocenters. The maximum absolute atomic E-state index is 12.6. The number of nitrogens with one attached hydrogen (secondary N) is 2. The van der Waals surface area contributed by atoms with E-state index in [-0.39, 0.29) is 17.9 Å². The molecule has 2 amide bonds. The van der Waals surface area contributed by atoms with Crippen molar-refractivity contribution in [2.45, 2.75) is 39.7 Å². The first kappa shape index (κ1) is 19.5. The molecule has 5 nitrogen and oxygen atoms in total. The quantitative estimate of drug-likeness (QED) is 0.599. The first-order chi connectivity index (χ1) is 13.0. The van der Waals surface area contributed by atoms with Crippen LogP contribution in [-0.4, -0.2) is 16.8 Å². The molecule has 0 bridgehead atoms. The lowest BCUT2D eigenvalue weighted by Crippen LogP contribution is -2.32. The molecule has 0 aliphatic carbocycles. The van der Waals surface area contributed by atoms with Crippen LogP contribution in [0.25, 0.3) is 10.2 Å². The predicted molar refractivity (Wildman–Crippen MR) is 112 cm³/mol. The Hall–Kier alpha value is -2.25. The highest BCUT2D eigenvalue weighted by molar-refractivity contribution is 7.22. The fourth-order valence-corrected chi connectivity index (χ4v) is 4.68. The number of benzene rings is 1. The molecule has 0 aliphatic rings. The number of rotatable bonds is 7. The van der Waals surface area contributed by atoms with Gasteiger partial charge in [0, 0.05) is 11.3 Å². The van der Waals surface area contributed by atoms with Gasteiger partial charge in [-0.1, -0.05) is 44.2 Å². The maximum Gasteiger partial charge on any atom is 0.225 e. The summed E-state index contributed by atoms with van der Waals surface area (Å²) in [5.74, 6) is 0.272. The zero-order chi connectivity index (χ0) is 19.4. The second-order valence-corrected chi connectivity index (χ2v) is 8.71. The van der Waals surface area contributed by atoms with Crippen molar-refractivity contribution in [2.75, 3.05) is 5.32 Å². The van der Waals surface area contributed by atoms with Crippen LogP contribution in [0, 0.1) is 5.92 Å². The number of carbonyl (C=O) groups excluding carboxylic acids is 2. The van der Waals surface area contributed by atoms with Gasteiger partial charge >= 0.3 is 0 Å². The fraction of sp³-hybridized carbons (Fsp3) is 0.350. The molecule has 1 aromatic carbocycles. The van der Waals surface area contributed by atoms with E-state index in [2.05, 4.69) is 35.5 Å². The summed E-state index contributed by atoms with van der Waals surface area (Å²) in [6.45, 7) is 6.03. The predicted octanol–water partition coefficient (Wildman–Crippen LogP) is 4.76. The van der Waals surface area contributed by atoms with Crippen LogP contribution in [0.4, 0.5) is 5.13 Å². The van der Waals surface area contributed by atoms with E-state index in [1.165, 1.54) is 16.2 Å². The van der Waals surface area contributed by atoms with Gasteiger partial charge in [-0.05, 0) is 35.1 Å². The van der Waals surface area contributed by atoms with Crippen LogP contribution in [0.15, 0.2) is 35.7 Å². The summed E-state index contributed by atoms with van der Waals surface area (Å²) in [7, 11) is 0. The SMILES string of the molecule is CCC(=O)Nc1nc2ccc(CC(=O)NC(c3cccs3)C(C)C)cc2s1. The van der Waals surface area contributed by atoms with Crippen molar-refractivity contribution in [3.05, 3.63) is 46.2 Å². The summed E-state index contributed by atoms with van der Waals surface area (Å²) in [6.07, 6.45) is 0.738. The van der Waals surface area contributed by atoms with Crippen molar-refractivity contribution in [1.29, 1.82) is 0 Å². The minimum atomic E-state index is -0.0537. The minimum Gasteiger partial charge on any atom is -0.348 e. The Balaban J connectivity index is 1.70. The third kappa shape index (κ3) is 4.93. The van der Waals surface area contributed by atoms with Gasteiger partial charge in [0.05, 0.1) is 22.7 Å². The molecule has 7 heteroatoms. The lowest BCUT2D eigenvalue weighted by molar-refractivity contribution is -0.121. The molecule has 0 saturated carbocycles. The third-order valence-electron chi connectivity index (χ3n) is 4.22. The van der Waals surface area contributed by atoms with E-state index in [0.29, 0.717) is 23.9 Å². The highest BCUT2D eigenvalue weighted by Gasteiger charge is 2.19. The molecule has 0 radical (unpaired) electrons. The highest BCUT2D eigenvalue weighted by Crippen LogP contribution is 2.28. The number of anilines is 1. The third-order valence-corrected chi connectivity index (χ3v) is 6.11. The lowest BCUT2D eigenvalue weighted by Gasteiger charge is -2.21. The normalized spacial score (nSPS) is 12.3. The van der Waals surface area contributed by atoms with E-state index in [1.807, 2.05) is 29.6 Å². The van der Waals surface area contributed by atoms with Crippen molar-refractivity contribution < 1.29 is 9.59 Å². The minimum absolute atomic E-state index is 0.00507. The van der Waals surface area contributed by atoms with Gasteiger partial charge in [-0.3, -0.25) is 9.59 Å². The number of fused-ring (bicyclic) bond motifs is 1. The number of nitrogens with zero attached hydrogens (tertiary/aromatic N) is 1. The van der Waals surface area contributed by atoms with Crippen molar-refractivity contribution in [3.8, 4) is 0 Å². The molecular weight excluding hydrogens is 378 g/mol. The van der Waals surface area contributed by atoms with Crippen molar-refractivity contribution >= 4 is 49.8 Å². The Morgan fingerprint density at radius 2 is 2.00 bits per heavy atom. The molecule has 1 unspecified atom stereocenters. The average Bonchev–Trinajstić information content (AvgIpc) is 3.28. The van der Waals surface area contributed by atoms with Gasteiger partial charge < -0.3 is 10.6 Å². The van der Waals surface area contributed by atoms with E-state index in [9.17, 15) is 9.59 Å². The maximum atomic E-state index is 12.6. The Kier molecular flexibility index (Phi) is 6.23. The molecular formula is C20H23N3O2S2. The Bertz CT molecular complexity index is 932. The highest BCUT2D eigenvalue weighted by atomic mass is 32.1. The van der Waals surface area contributed by atoms with Gasteiger partial charge in [0.25, 0.3) is 0 Å². The Labute approximate surface area is 166 Å². The Morgan fingerprint density at radius 3 is 2.67 bits per heavy atom. The standard InChI is InChI=1S/C20H23N3O2S2/c1-4-17(24)23-20-21-14-8-7-13(10-16(14)27-20)11-18(25)22-19(12(2)3)15-6-5-9-26-15/h5-10,12,19H,4,11H2,1-3H3,(H,22,25)(H,21,23,24). The molecule has 2 N–H and O–H groups in total. The van der Waals surface area contributed by atoms with E-state index < -0.39 is 0 Å². The van der Waals surface area contributed by atoms with Crippen molar-refractivity contribution in [3.63, 3.8) is 0 Å². The van der Waals surface area contributed by atoms with E-state index >= 15 is 0 Å². The van der Waals surface area contributed by atoms with Crippen LogP contribution in [-0.2, 0) is 16.0 Å². The second kappa shape index (κ2) is 8.63. The Morgan fingerprint density at radius 1 is 1.19 bits per heavy atom. The molecule has 2 heterocycles. The average molecular weight is 402 g/mol. The molecule has 0 spiro atoms. The first-order valence-corrected chi connectivity index (χ1v) is 10.7. The number of hydrogen-bond donors (Lipinski definition) is 2. The number of hydrogen-bond acceptors (Lipinski definition) is 5. The van der Waals surface area contributed by atoms with Crippen LogP contribution in [0.3, 0.4) is 0 Å². The largest absolute Gasteiger partial charge is 0.348 e. The first-order valence-electron chi connectivity index (χ1n) is 8.98. The number of aromatic nitrogens is 1. The number of carbonyl (C=O) groups is 2. The van der Waals surface area contributed by atoms with Gasteiger partial charge in [-0.2, -0.15) is 0 Å². The molecule has 142 valence electrons. The molecule has 3 rings (SSSR count). The number of thiazole rings is 1. The number of amides is 2. The zero-order valence-corrected chi connectivity index (χ0v) is 17.2. The summed E-state index contributed by atoms with van der Waals surface area (Å²) >= 11 is 3.09.